The van der Waals surface area contributed by atoms with Crippen LogP contribution < -0.4 is 0 Å². The molecule has 1 heterocycles. The molecule has 0 amide bonds. The largest absolute Gasteiger partial charge is 0.394 e. The molecule has 0 aliphatic carbocycles. The van der Waals surface area contributed by atoms with E-state index in [4.69, 9.17) is 0 Å². The Morgan fingerprint density at radius 1 is 1.53 bits per heavy atom. The van der Waals surface area contributed by atoms with Crippen LogP contribution in [0.1, 0.15) is 18.5 Å². The van der Waals surface area contributed by atoms with Gasteiger partial charge in [-0.25, -0.2) is 0 Å². The van der Waals surface area contributed by atoms with Crippen LogP contribution >= 0.6 is 45.2 Å². The Hall–Kier alpha value is 0.600. The summed E-state index contributed by atoms with van der Waals surface area (Å²) in [7, 11) is 0. The Labute approximate surface area is 117 Å². The minimum Gasteiger partial charge on any atom is -0.394 e. The predicted octanol–water partition coefficient (Wildman–Crippen LogP) is 2.79. The molecule has 0 saturated carbocycles. The van der Waals surface area contributed by atoms with Gasteiger partial charge < -0.3 is 5.11 Å². The van der Waals surface area contributed by atoms with Gasteiger partial charge in [0.2, 0.25) is 0 Å². The van der Waals surface area contributed by atoms with E-state index in [1.54, 1.807) is 0 Å². The van der Waals surface area contributed by atoms with Crippen molar-refractivity contribution in [3.05, 3.63) is 33.4 Å². The van der Waals surface area contributed by atoms with E-state index >= 15 is 0 Å². The summed E-state index contributed by atoms with van der Waals surface area (Å²) in [6.07, 6.45) is 0. The van der Waals surface area contributed by atoms with Crippen LogP contribution in [-0.2, 0) is 0 Å². The molecular weight excluding hydrogens is 416 g/mol. The molecule has 1 saturated heterocycles. The molecule has 0 spiro atoms. The molecule has 1 fully saturated rings. The highest BCUT2D eigenvalue weighted by atomic mass is 127. The van der Waals surface area contributed by atoms with Crippen molar-refractivity contribution in [2.75, 3.05) is 13.2 Å². The zero-order valence-corrected chi connectivity index (χ0v) is 12.8. The van der Waals surface area contributed by atoms with E-state index in [1.807, 2.05) is 0 Å². The van der Waals surface area contributed by atoms with Crippen molar-refractivity contribution in [3.63, 3.8) is 0 Å². The molecule has 2 nitrogen and oxygen atoms in total. The van der Waals surface area contributed by atoms with Gasteiger partial charge >= 0.3 is 0 Å². The monoisotopic (exact) mass is 429 g/mol. The summed E-state index contributed by atoms with van der Waals surface area (Å²) in [6, 6.07) is 8.82. The summed E-state index contributed by atoms with van der Waals surface area (Å²) in [5.74, 6) is 0. The lowest BCUT2D eigenvalue weighted by Gasteiger charge is -2.18. The van der Waals surface area contributed by atoms with Crippen LogP contribution in [0.15, 0.2) is 24.3 Å². The van der Waals surface area contributed by atoms with Crippen molar-refractivity contribution in [1.29, 1.82) is 0 Å². The summed E-state index contributed by atoms with van der Waals surface area (Å²) in [5, 5.41) is 9.25. The smallest absolute Gasteiger partial charge is 0.110 e. The van der Waals surface area contributed by atoms with Gasteiger partial charge in [0.25, 0.3) is 0 Å². The molecular formula is C11H13I2NO. The minimum absolute atomic E-state index is 0.0178. The van der Waals surface area contributed by atoms with Gasteiger partial charge in [-0.2, -0.15) is 0 Å². The summed E-state index contributed by atoms with van der Waals surface area (Å²) in [4.78, 5) is 2.32. The van der Waals surface area contributed by atoms with Crippen LogP contribution in [0.5, 0.6) is 0 Å². The lowest BCUT2D eigenvalue weighted by atomic mass is 10.1. The van der Waals surface area contributed by atoms with Gasteiger partial charge in [0.15, 0.2) is 0 Å². The van der Waals surface area contributed by atoms with E-state index in [0.717, 1.165) is 6.54 Å². The van der Waals surface area contributed by atoms with E-state index in [1.165, 1.54) is 9.13 Å². The molecule has 1 aromatic rings. The number of aliphatic hydroxyl groups is 1. The lowest BCUT2D eigenvalue weighted by molar-refractivity contribution is 0.252. The molecule has 1 aliphatic heterocycles. The molecule has 0 radical (unpaired) electrons. The lowest BCUT2D eigenvalue weighted by Crippen LogP contribution is -2.18. The minimum atomic E-state index is -0.0178. The Kier molecular flexibility index (Phi) is 3.59. The van der Waals surface area contributed by atoms with Crippen LogP contribution in [-0.4, -0.2) is 26.7 Å². The van der Waals surface area contributed by atoms with Crippen LogP contribution in [0.3, 0.4) is 0 Å². The second-order valence-corrected chi connectivity index (χ2v) is 7.07. The van der Waals surface area contributed by atoms with Gasteiger partial charge in [-0.15, -0.1) is 0 Å². The average Bonchev–Trinajstić information content (AvgIpc) is 2.92. The van der Waals surface area contributed by atoms with Crippen LogP contribution in [0.25, 0.3) is 0 Å². The number of benzene rings is 1. The fourth-order valence-corrected chi connectivity index (χ4v) is 3.46. The molecule has 1 aliphatic rings. The second kappa shape index (κ2) is 4.46. The van der Waals surface area contributed by atoms with Crippen LogP contribution in [0.2, 0.25) is 0 Å². The number of hydrogen-bond donors (Lipinski definition) is 1. The van der Waals surface area contributed by atoms with Gasteiger partial charge in [0.05, 0.1) is 6.61 Å². The van der Waals surface area contributed by atoms with Crippen molar-refractivity contribution in [2.24, 2.45) is 0 Å². The van der Waals surface area contributed by atoms with Gasteiger partial charge in [-0.05, 0) is 41.1 Å². The van der Waals surface area contributed by atoms with Crippen LogP contribution in [0, 0.1) is 3.57 Å². The van der Waals surface area contributed by atoms with Gasteiger partial charge in [0, 0.05) is 16.2 Å². The predicted molar refractivity (Wildman–Crippen MR) is 78.1 cm³/mol. The maximum absolute atomic E-state index is 9.25. The fraction of sp³-hybridized carbons (Fsp3) is 0.455. The number of hydrogen-bond acceptors (Lipinski definition) is 2. The highest BCUT2D eigenvalue weighted by Gasteiger charge is 2.52. The fourth-order valence-electron chi connectivity index (χ4n) is 1.83. The molecule has 1 N–H and O–H groups in total. The topological polar surface area (TPSA) is 23.2 Å². The first-order valence-electron chi connectivity index (χ1n) is 4.89. The third-order valence-electron chi connectivity index (χ3n) is 2.89. The number of nitrogens with zero attached hydrogens (tertiary/aromatic N) is 1. The standard InChI is InChI=1S/C11H13I2NO/c1-8(14-6-11(14,13)7-15)9-4-2-3-5-10(9)12/h2-5,8,15H,6-7H2,1H3/t8-,11?,14?/m0/s1. The highest BCUT2D eigenvalue weighted by Crippen LogP contribution is 2.46. The van der Waals surface area contributed by atoms with E-state index in [0.29, 0.717) is 6.04 Å². The Bertz CT molecular complexity index is 371. The van der Waals surface area contributed by atoms with E-state index < -0.39 is 0 Å². The van der Waals surface area contributed by atoms with E-state index in [-0.39, 0.29) is 10.2 Å². The molecule has 1 aromatic carbocycles. The first kappa shape index (κ1) is 12.1. The Morgan fingerprint density at radius 3 is 2.73 bits per heavy atom. The zero-order valence-electron chi connectivity index (χ0n) is 8.45. The van der Waals surface area contributed by atoms with Gasteiger partial charge in [0.1, 0.15) is 3.55 Å². The summed E-state index contributed by atoms with van der Waals surface area (Å²) < 4.78 is 1.28. The molecule has 82 valence electrons. The summed E-state index contributed by atoms with van der Waals surface area (Å²) in [5.41, 5.74) is 1.35. The van der Waals surface area contributed by atoms with Crippen LogP contribution in [0.4, 0.5) is 0 Å². The maximum atomic E-state index is 9.25. The number of aliphatic hydroxyl groups excluding tert-OH is 1. The zero-order chi connectivity index (χ0) is 11.1. The average molecular weight is 429 g/mol. The summed E-state index contributed by atoms with van der Waals surface area (Å²) >= 11 is 4.71. The van der Waals surface area contributed by atoms with Crippen molar-refractivity contribution in [3.8, 4) is 0 Å². The van der Waals surface area contributed by atoms with Gasteiger partial charge in [-0.1, -0.05) is 40.8 Å². The molecule has 2 unspecified atom stereocenters. The highest BCUT2D eigenvalue weighted by molar-refractivity contribution is 14.1. The van der Waals surface area contributed by atoms with Crippen molar-refractivity contribution >= 4 is 45.2 Å². The Balaban J connectivity index is 2.17. The number of halogens is 2. The molecule has 3 atom stereocenters. The first-order chi connectivity index (χ1) is 7.08. The molecule has 4 heteroatoms. The first-order valence-corrected chi connectivity index (χ1v) is 7.05. The van der Waals surface area contributed by atoms with E-state index in [9.17, 15) is 5.11 Å². The molecule has 0 aromatic heterocycles. The number of rotatable bonds is 3. The quantitative estimate of drug-likeness (QED) is 0.346. The molecule has 2 rings (SSSR count). The third kappa shape index (κ3) is 2.32. The van der Waals surface area contributed by atoms with Crippen molar-refractivity contribution < 1.29 is 5.11 Å². The van der Waals surface area contributed by atoms with Gasteiger partial charge in [-0.3, -0.25) is 4.90 Å². The number of alkyl halides is 1. The van der Waals surface area contributed by atoms with E-state index in [2.05, 4.69) is 81.3 Å². The maximum Gasteiger partial charge on any atom is 0.110 e. The van der Waals surface area contributed by atoms with Crippen molar-refractivity contribution in [2.45, 2.75) is 16.5 Å². The normalized spacial score (nSPS) is 31.3. The SMILES string of the molecule is C[C@@H](c1ccccc1I)N1CC1(I)CO. The molecule has 0 bridgehead atoms. The Morgan fingerprint density at radius 2 is 2.20 bits per heavy atom. The third-order valence-corrected chi connectivity index (χ3v) is 5.17. The van der Waals surface area contributed by atoms with Crippen molar-refractivity contribution in [1.82, 2.24) is 4.90 Å². The summed E-state index contributed by atoms with van der Waals surface area (Å²) in [6.45, 7) is 3.42. The second-order valence-electron chi connectivity index (χ2n) is 3.90. The molecule has 15 heavy (non-hydrogen) atoms.